The minimum atomic E-state index is -4.09. The van der Waals surface area contributed by atoms with E-state index in [2.05, 4.69) is 15.9 Å². The molecular formula is C22H26BrO9P. The van der Waals surface area contributed by atoms with Crippen LogP contribution in [-0.2, 0) is 45.6 Å². The first-order valence-electron chi connectivity index (χ1n) is 10.2. The van der Waals surface area contributed by atoms with Gasteiger partial charge in [-0.3, -0.25) is 18.4 Å². The van der Waals surface area contributed by atoms with Gasteiger partial charge in [0.25, 0.3) is 0 Å². The summed E-state index contributed by atoms with van der Waals surface area (Å²) in [6, 6.07) is 18.2. The summed E-state index contributed by atoms with van der Waals surface area (Å²) < 4.78 is 40.4. The highest BCUT2D eigenvalue weighted by atomic mass is 79.9. The maximum absolute atomic E-state index is 13.3. The summed E-state index contributed by atoms with van der Waals surface area (Å²) in [5.41, 5.74) is 1.53. The number of halogens is 1. The lowest BCUT2D eigenvalue weighted by atomic mass is 10.0. The number of esters is 1. The van der Waals surface area contributed by atoms with E-state index in [1.165, 1.54) is 6.92 Å². The van der Waals surface area contributed by atoms with Crippen LogP contribution in [0.2, 0.25) is 0 Å². The Kier molecular flexibility index (Phi) is 9.60. The molecule has 33 heavy (non-hydrogen) atoms. The Morgan fingerprint density at radius 2 is 1.45 bits per heavy atom. The van der Waals surface area contributed by atoms with Crippen molar-refractivity contribution in [3.05, 3.63) is 71.8 Å². The Balaban J connectivity index is 1.65. The van der Waals surface area contributed by atoms with Gasteiger partial charge in [0.05, 0.1) is 19.8 Å². The van der Waals surface area contributed by atoms with Crippen LogP contribution in [0.1, 0.15) is 18.1 Å². The minimum Gasteiger partial charge on any atom is -0.456 e. The zero-order chi connectivity index (χ0) is 23.8. The number of carbonyl (C=O) groups excluding carboxylic acids is 1. The molecule has 180 valence electrons. The predicted octanol–water partition coefficient (Wildman–Crippen LogP) is 3.32. The number of carbonyl (C=O) groups is 1. The van der Waals surface area contributed by atoms with E-state index in [0.717, 1.165) is 11.1 Å². The Morgan fingerprint density at radius 1 is 0.939 bits per heavy atom. The molecule has 0 aliphatic carbocycles. The van der Waals surface area contributed by atoms with Gasteiger partial charge in [-0.15, -0.1) is 0 Å². The van der Waals surface area contributed by atoms with Gasteiger partial charge in [-0.25, -0.2) is 4.57 Å². The van der Waals surface area contributed by atoms with Gasteiger partial charge in [0, 0.05) is 6.92 Å². The van der Waals surface area contributed by atoms with Crippen LogP contribution in [0, 0.1) is 0 Å². The molecule has 2 N–H and O–H groups in total. The van der Waals surface area contributed by atoms with Gasteiger partial charge in [-0.2, -0.15) is 0 Å². The summed E-state index contributed by atoms with van der Waals surface area (Å²) in [5, 5.41) is 19.8. The molecule has 2 unspecified atom stereocenters. The molecule has 3 rings (SSSR count). The molecule has 1 heterocycles. The number of ether oxygens (including phenoxy) is 2. The topological polar surface area (TPSA) is 121 Å². The molecule has 0 spiro atoms. The second kappa shape index (κ2) is 12.2. The van der Waals surface area contributed by atoms with E-state index in [-0.39, 0.29) is 13.2 Å². The van der Waals surface area contributed by atoms with Crippen LogP contribution < -0.4 is 0 Å². The van der Waals surface area contributed by atoms with E-state index in [9.17, 15) is 19.6 Å². The van der Waals surface area contributed by atoms with Crippen molar-refractivity contribution < 1.29 is 42.6 Å². The molecule has 0 radical (unpaired) electrons. The molecule has 0 amide bonds. The maximum atomic E-state index is 13.3. The Hall–Kier alpha value is -1.62. The Labute approximate surface area is 200 Å². The van der Waals surface area contributed by atoms with Gasteiger partial charge >= 0.3 is 13.8 Å². The van der Waals surface area contributed by atoms with Crippen molar-refractivity contribution in [2.24, 2.45) is 0 Å². The molecule has 9 nitrogen and oxygen atoms in total. The number of phosphoric ester groups is 1. The molecule has 1 saturated heterocycles. The zero-order valence-electron chi connectivity index (χ0n) is 17.9. The van der Waals surface area contributed by atoms with Gasteiger partial charge in [-0.1, -0.05) is 76.6 Å². The summed E-state index contributed by atoms with van der Waals surface area (Å²) >= 11 is 3.18. The molecule has 2 aromatic rings. The third kappa shape index (κ3) is 7.70. The quantitative estimate of drug-likeness (QED) is 0.263. The van der Waals surface area contributed by atoms with Crippen LogP contribution in [0.15, 0.2) is 60.7 Å². The highest BCUT2D eigenvalue weighted by molar-refractivity contribution is 9.09. The molecule has 1 aliphatic heterocycles. The highest BCUT2D eigenvalue weighted by Crippen LogP contribution is 2.51. The van der Waals surface area contributed by atoms with Crippen LogP contribution in [0.4, 0.5) is 0 Å². The van der Waals surface area contributed by atoms with Gasteiger partial charge in [-0.05, 0) is 11.1 Å². The summed E-state index contributed by atoms with van der Waals surface area (Å²) in [4.78, 5) is 11.2. The lowest BCUT2D eigenvalue weighted by Crippen LogP contribution is -2.58. The first-order valence-corrected chi connectivity index (χ1v) is 12.6. The van der Waals surface area contributed by atoms with Crippen molar-refractivity contribution in [3.8, 4) is 0 Å². The number of alkyl halides is 1. The monoisotopic (exact) mass is 544 g/mol. The van der Waals surface area contributed by atoms with E-state index < -0.39 is 49.8 Å². The number of aliphatic hydroxyl groups excluding tert-OH is 2. The fraction of sp³-hybridized carbons (Fsp3) is 0.409. The first kappa shape index (κ1) is 26.0. The number of benzene rings is 2. The van der Waals surface area contributed by atoms with Crippen LogP contribution >= 0.6 is 23.8 Å². The molecule has 1 fully saturated rings. The normalized spacial score (nSPS) is 25.5. The van der Waals surface area contributed by atoms with E-state index >= 15 is 0 Å². The zero-order valence-corrected chi connectivity index (χ0v) is 20.3. The highest BCUT2D eigenvalue weighted by Gasteiger charge is 2.46. The molecule has 2 aromatic carbocycles. The lowest BCUT2D eigenvalue weighted by molar-refractivity contribution is -0.216. The lowest BCUT2D eigenvalue weighted by Gasteiger charge is -2.40. The standard InChI is InChI=1S/C22H26BrO9P/c1-15(24)31-21-20(26)19(25)18(32-22(21)23)14-30-33(27,28-12-16-8-4-2-5-9-16)29-13-17-10-6-3-7-11-17/h2-11,18-22,25-26H,12-14H2,1H3/t18?,19-,20+,21?,22+/m1/s1. The minimum absolute atomic E-state index is 0.0286. The van der Waals surface area contributed by atoms with Crippen molar-refractivity contribution in [1.82, 2.24) is 0 Å². The smallest absolute Gasteiger partial charge is 0.456 e. The predicted molar refractivity (Wildman–Crippen MR) is 121 cm³/mol. The summed E-state index contributed by atoms with van der Waals surface area (Å²) in [6.45, 7) is 0.713. The number of hydrogen-bond donors (Lipinski definition) is 2. The third-order valence-corrected chi connectivity index (χ3v) is 6.89. The molecule has 5 atom stereocenters. The molecule has 0 bridgehead atoms. The van der Waals surface area contributed by atoms with Crippen LogP contribution in [0.3, 0.4) is 0 Å². The fourth-order valence-electron chi connectivity index (χ4n) is 3.08. The molecular weight excluding hydrogens is 519 g/mol. The van der Waals surface area contributed by atoms with Gasteiger partial charge < -0.3 is 19.7 Å². The molecule has 1 aliphatic rings. The molecule has 0 saturated carbocycles. The summed E-state index contributed by atoms with van der Waals surface area (Å²) in [6.07, 6.45) is -5.13. The number of aliphatic hydroxyl groups is 2. The van der Waals surface area contributed by atoms with Crippen molar-refractivity contribution in [2.75, 3.05) is 6.61 Å². The van der Waals surface area contributed by atoms with E-state index in [1.807, 2.05) is 36.4 Å². The summed E-state index contributed by atoms with van der Waals surface area (Å²) in [5.74, 6) is -0.637. The Morgan fingerprint density at radius 3 is 1.94 bits per heavy atom. The SMILES string of the molecule is CC(=O)OC1[C@@H](O)[C@H](O)C(COP(=O)(OCc2ccccc2)OCc2ccccc2)O[C@@H]1Br. The van der Waals surface area contributed by atoms with E-state index in [1.54, 1.807) is 24.3 Å². The number of phosphoric acid groups is 1. The maximum Gasteiger partial charge on any atom is 0.475 e. The van der Waals surface area contributed by atoms with Crippen molar-refractivity contribution in [2.45, 2.75) is 49.6 Å². The fourth-order valence-corrected chi connectivity index (χ4v) is 4.94. The largest absolute Gasteiger partial charge is 0.475 e. The first-order chi connectivity index (χ1) is 15.8. The van der Waals surface area contributed by atoms with Crippen molar-refractivity contribution in [3.63, 3.8) is 0 Å². The second-order valence-electron chi connectivity index (χ2n) is 7.34. The number of rotatable bonds is 10. The second-order valence-corrected chi connectivity index (χ2v) is 9.91. The van der Waals surface area contributed by atoms with Crippen LogP contribution in [-0.4, -0.2) is 52.2 Å². The van der Waals surface area contributed by atoms with E-state index in [0.29, 0.717) is 0 Å². The van der Waals surface area contributed by atoms with E-state index in [4.69, 9.17) is 23.0 Å². The van der Waals surface area contributed by atoms with Gasteiger partial charge in [0.2, 0.25) is 0 Å². The van der Waals surface area contributed by atoms with Gasteiger partial charge in [0.1, 0.15) is 18.3 Å². The van der Waals surface area contributed by atoms with Crippen LogP contribution in [0.5, 0.6) is 0 Å². The average Bonchev–Trinajstić information content (AvgIpc) is 2.82. The van der Waals surface area contributed by atoms with Crippen molar-refractivity contribution >= 4 is 29.7 Å². The average molecular weight is 545 g/mol. The van der Waals surface area contributed by atoms with Crippen LogP contribution in [0.25, 0.3) is 0 Å². The van der Waals surface area contributed by atoms with Crippen molar-refractivity contribution in [1.29, 1.82) is 0 Å². The third-order valence-electron chi connectivity index (χ3n) is 4.79. The number of hydrogen-bond acceptors (Lipinski definition) is 9. The van der Waals surface area contributed by atoms with Gasteiger partial charge in [0.15, 0.2) is 11.1 Å². The summed E-state index contributed by atoms with van der Waals surface area (Å²) in [7, 11) is -4.09. The Bertz CT molecular complexity index is 882. The molecule has 0 aromatic heterocycles. The molecule has 11 heteroatoms.